The van der Waals surface area contributed by atoms with E-state index < -0.39 is 35.7 Å². The second-order valence-electron chi connectivity index (χ2n) is 7.64. The number of aliphatic carboxylic acids is 1. The number of carboxylic acids is 1. The summed E-state index contributed by atoms with van der Waals surface area (Å²) in [5, 5.41) is 15.9. The van der Waals surface area contributed by atoms with Crippen molar-refractivity contribution < 1.29 is 32.7 Å². The minimum absolute atomic E-state index is 0.0159. The summed E-state index contributed by atoms with van der Waals surface area (Å²) in [5.74, 6) is -1.44. The highest BCUT2D eigenvalue weighted by Gasteiger charge is 2.30. The molecule has 184 valence electrons. The second-order valence-corrected chi connectivity index (χ2v) is 8.50. The van der Waals surface area contributed by atoms with Crippen molar-refractivity contribution in [2.45, 2.75) is 25.6 Å². The van der Waals surface area contributed by atoms with Crippen LogP contribution in [0.25, 0.3) is 10.6 Å². The molecule has 0 saturated carbocycles. The fourth-order valence-corrected chi connectivity index (χ4v) is 3.86. The van der Waals surface area contributed by atoms with E-state index >= 15 is 0 Å². The van der Waals surface area contributed by atoms with Gasteiger partial charge in [-0.05, 0) is 37.3 Å². The van der Waals surface area contributed by atoms with Gasteiger partial charge in [-0.3, -0.25) is 9.59 Å². The molecule has 0 saturated heterocycles. The molecule has 0 fully saturated rings. The Hall–Kier alpha value is -3.93. The molecule has 0 aliphatic carbocycles. The number of halogens is 3. The van der Waals surface area contributed by atoms with Crippen LogP contribution in [0.2, 0.25) is 0 Å². The van der Waals surface area contributed by atoms with E-state index in [1.54, 1.807) is 36.6 Å². The lowest BCUT2D eigenvalue weighted by Crippen LogP contribution is -2.36. The standard InChI is InChI=1S/C23H21F3N4O4S/c1-13(9-19(31)32)30(2)21(33)18-12-35-20(29-18)14-5-3-7-16(10-14)27-22(34)28-17-8-4-6-15(11-17)23(24,25)26/h3-8,10-13H,9H2,1-2H3,(H,31,32)(H2,27,28,34). The van der Waals surface area contributed by atoms with E-state index in [9.17, 15) is 27.6 Å². The minimum atomic E-state index is -4.53. The Morgan fingerprint density at radius 2 is 1.71 bits per heavy atom. The number of urea groups is 1. The molecule has 2 aromatic carbocycles. The SMILES string of the molecule is CC(CC(=O)O)N(C)C(=O)c1csc(-c2cccc(NC(=O)Nc3cccc(C(F)(F)F)c3)c2)n1. The monoisotopic (exact) mass is 506 g/mol. The number of amides is 3. The van der Waals surface area contributed by atoms with Gasteiger partial charge in [-0.15, -0.1) is 11.3 Å². The zero-order valence-electron chi connectivity index (χ0n) is 18.6. The van der Waals surface area contributed by atoms with Crippen molar-refractivity contribution in [2.75, 3.05) is 17.7 Å². The number of nitrogens with one attached hydrogen (secondary N) is 2. The first-order chi connectivity index (χ1) is 16.4. The van der Waals surface area contributed by atoms with Gasteiger partial charge in [0.25, 0.3) is 5.91 Å². The topological polar surface area (TPSA) is 112 Å². The molecule has 35 heavy (non-hydrogen) atoms. The average Bonchev–Trinajstić information content (AvgIpc) is 3.27. The van der Waals surface area contributed by atoms with Gasteiger partial charge < -0.3 is 20.6 Å². The van der Waals surface area contributed by atoms with Crippen LogP contribution < -0.4 is 10.6 Å². The number of hydrogen-bond donors (Lipinski definition) is 3. The van der Waals surface area contributed by atoms with Crippen LogP contribution in [-0.4, -0.2) is 46.0 Å². The van der Waals surface area contributed by atoms with Crippen molar-refractivity contribution in [3.8, 4) is 10.6 Å². The number of anilines is 2. The molecule has 1 unspecified atom stereocenters. The lowest BCUT2D eigenvalue weighted by atomic mass is 10.2. The predicted octanol–water partition coefficient (Wildman–Crippen LogP) is 5.41. The highest BCUT2D eigenvalue weighted by atomic mass is 32.1. The van der Waals surface area contributed by atoms with Crippen LogP contribution in [-0.2, 0) is 11.0 Å². The molecule has 0 aliphatic rings. The molecule has 8 nitrogen and oxygen atoms in total. The highest BCUT2D eigenvalue weighted by molar-refractivity contribution is 7.13. The van der Waals surface area contributed by atoms with Gasteiger partial charge in [0.15, 0.2) is 0 Å². The normalized spacial score (nSPS) is 12.0. The van der Waals surface area contributed by atoms with Crippen LogP contribution in [0.1, 0.15) is 29.4 Å². The number of aromatic nitrogens is 1. The quantitative estimate of drug-likeness (QED) is 0.397. The molecule has 1 atom stereocenters. The number of carboxylic acid groups (broad SMARTS) is 1. The molecule has 3 rings (SSSR count). The van der Waals surface area contributed by atoms with Gasteiger partial charge in [0.2, 0.25) is 0 Å². The molecule has 0 aliphatic heterocycles. The van der Waals surface area contributed by atoms with Gasteiger partial charge in [0.05, 0.1) is 12.0 Å². The summed E-state index contributed by atoms with van der Waals surface area (Å²) in [5.41, 5.74) is 0.229. The molecular formula is C23H21F3N4O4S. The van der Waals surface area contributed by atoms with Crippen LogP contribution in [0.4, 0.5) is 29.3 Å². The van der Waals surface area contributed by atoms with Crippen LogP contribution in [0.15, 0.2) is 53.9 Å². The second kappa shape index (κ2) is 10.6. The maximum absolute atomic E-state index is 12.9. The maximum Gasteiger partial charge on any atom is 0.416 e. The molecule has 0 bridgehead atoms. The van der Waals surface area contributed by atoms with Crippen LogP contribution >= 0.6 is 11.3 Å². The molecular weight excluding hydrogens is 485 g/mol. The Morgan fingerprint density at radius 3 is 2.34 bits per heavy atom. The van der Waals surface area contributed by atoms with Gasteiger partial charge in [-0.25, -0.2) is 9.78 Å². The number of carbonyl (C=O) groups is 3. The van der Waals surface area contributed by atoms with Crippen LogP contribution in [0, 0.1) is 0 Å². The minimum Gasteiger partial charge on any atom is -0.481 e. The van der Waals surface area contributed by atoms with Crippen molar-refractivity contribution in [2.24, 2.45) is 0 Å². The number of nitrogens with zero attached hydrogens (tertiary/aromatic N) is 2. The van der Waals surface area contributed by atoms with E-state index in [0.717, 1.165) is 12.1 Å². The third-order valence-corrected chi connectivity index (χ3v) is 5.88. The molecule has 0 radical (unpaired) electrons. The van der Waals surface area contributed by atoms with Gasteiger partial charge in [0, 0.05) is 35.4 Å². The Labute approximate surface area is 202 Å². The van der Waals surface area contributed by atoms with Crippen molar-refractivity contribution in [1.29, 1.82) is 0 Å². The van der Waals surface area contributed by atoms with E-state index in [1.807, 2.05) is 0 Å². The predicted molar refractivity (Wildman–Crippen MR) is 125 cm³/mol. The summed E-state index contributed by atoms with van der Waals surface area (Å²) in [6.45, 7) is 1.62. The lowest BCUT2D eigenvalue weighted by molar-refractivity contribution is -0.138. The third kappa shape index (κ3) is 6.79. The van der Waals surface area contributed by atoms with Crippen molar-refractivity contribution >= 4 is 40.6 Å². The highest BCUT2D eigenvalue weighted by Crippen LogP contribution is 2.31. The van der Waals surface area contributed by atoms with Gasteiger partial charge in [-0.1, -0.05) is 18.2 Å². The third-order valence-electron chi connectivity index (χ3n) is 4.99. The van der Waals surface area contributed by atoms with E-state index in [1.165, 1.54) is 35.4 Å². The van der Waals surface area contributed by atoms with Crippen LogP contribution in [0.5, 0.6) is 0 Å². The summed E-state index contributed by atoms with van der Waals surface area (Å²) in [6.07, 6.45) is -4.73. The van der Waals surface area contributed by atoms with Gasteiger partial charge >= 0.3 is 18.2 Å². The molecule has 3 N–H and O–H groups in total. The Bertz CT molecular complexity index is 1250. The van der Waals surface area contributed by atoms with Crippen LogP contribution in [0.3, 0.4) is 0 Å². The summed E-state index contributed by atoms with van der Waals surface area (Å²) in [4.78, 5) is 41.5. The Kier molecular flexibility index (Phi) is 7.75. The molecule has 3 amide bonds. The zero-order valence-corrected chi connectivity index (χ0v) is 19.4. The molecule has 0 spiro atoms. The molecule has 3 aromatic rings. The van der Waals surface area contributed by atoms with Crippen molar-refractivity contribution in [3.05, 3.63) is 65.2 Å². The largest absolute Gasteiger partial charge is 0.481 e. The van der Waals surface area contributed by atoms with E-state index in [4.69, 9.17) is 5.11 Å². The summed E-state index contributed by atoms with van der Waals surface area (Å²) in [7, 11) is 1.50. The van der Waals surface area contributed by atoms with E-state index in [2.05, 4.69) is 15.6 Å². The maximum atomic E-state index is 12.9. The average molecular weight is 507 g/mol. The number of rotatable bonds is 7. The molecule has 1 aromatic heterocycles. The lowest BCUT2D eigenvalue weighted by Gasteiger charge is -2.22. The molecule has 12 heteroatoms. The molecule has 1 heterocycles. The van der Waals surface area contributed by atoms with Gasteiger partial charge in [0.1, 0.15) is 10.7 Å². The first-order valence-corrected chi connectivity index (χ1v) is 11.1. The fourth-order valence-electron chi connectivity index (χ4n) is 3.07. The number of thiazole rings is 1. The number of alkyl halides is 3. The smallest absolute Gasteiger partial charge is 0.416 e. The van der Waals surface area contributed by atoms with E-state index in [0.29, 0.717) is 16.3 Å². The number of benzene rings is 2. The number of carbonyl (C=O) groups excluding carboxylic acids is 2. The summed E-state index contributed by atoms with van der Waals surface area (Å²) >= 11 is 1.20. The van der Waals surface area contributed by atoms with E-state index in [-0.39, 0.29) is 17.8 Å². The van der Waals surface area contributed by atoms with Crippen molar-refractivity contribution in [1.82, 2.24) is 9.88 Å². The fraction of sp³-hybridized carbons (Fsp3) is 0.217. The Morgan fingerprint density at radius 1 is 1.09 bits per heavy atom. The first kappa shape index (κ1) is 25.7. The summed E-state index contributed by atoms with van der Waals surface area (Å²) < 4.78 is 38.6. The zero-order chi connectivity index (χ0) is 25.8. The Balaban J connectivity index is 1.69. The first-order valence-electron chi connectivity index (χ1n) is 10.2. The van der Waals surface area contributed by atoms with Crippen molar-refractivity contribution in [3.63, 3.8) is 0 Å². The number of hydrogen-bond acceptors (Lipinski definition) is 5. The summed E-state index contributed by atoms with van der Waals surface area (Å²) in [6, 6.07) is 9.60. The van der Waals surface area contributed by atoms with Gasteiger partial charge in [-0.2, -0.15) is 13.2 Å².